The fourth-order valence-electron chi connectivity index (χ4n) is 2.29. The number of aryl methyl sites for hydroxylation is 2. The summed E-state index contributed by atoms with van der Waals surface area (Å²) >= 11 is 0. The molecule has 0 saturated carbocycles. The van der Waals surface area contributed by atoms with Gasteiger partial charge >= 0.3 is 0 Å². The van der Waals surface area contributed by atoms with Gasteiger partial charge < -0.3 is 9.88 Å². The fraction of sp³-hybridized carbons (Fsp3) is 0.263. The van der Waals surface area contributed by atoms with Gasteiger partial charge in [-0.1, -0.05) is 35.9 Å². The molecule has 1 heterocycles. The van der Waals surface area contributed by atoms with Crippen molar-refractivity contribution in [1.82, 2.24) is 9.88 Å². The van der Waals surface area contributed by atoms with Crippen LogP contribution in [-0.4, -0.2) is 16.3 Å². The predicted molar refractivity (Wildman–Crippen MR) is 92.5 cm³/mol. The van der Waals surface area contributed by atoms with Crippen molar-refractivity contribution >= 4 is 11.7 Å². The van der Waals surface area contributed by atoms with Crippen LogP contribution in [0.15, 0.2) is 53.5 Å². The molecule has 6 nitrogen and oxygen atoms in total. The Morgan fingerprint density at radius 3 is 2.56 bits per heavy atom. The van der Waals surface area contributed by atoms with Crippen molar-refractivity contribution in [3.8, 4) is 6.07 Å². The topological polar surface area (TPSA) is 92.0 Å². The van der Waals surface area contributed by atoms with Crippen molar-refractivity contribution in [2.45, 2.75) is 26.4 Å². The maximum Gasteiger partial charge on any atom is 0.250 e. The highest BCUT2D eigenvalue weighted by Gasteiger charge is 2.25. The summed E-state index contributed by atoms with van der Waals surface area (Å²) in [6.07, 6.45) is 1.51. The zero-order valence-corrected chi connectivity index (χ0v) is 13.9. The Labute approximate surface area is 145 Å². The van der Waals surface area contributed by atoms with Gasteiger partial charge in [-0.25, -0.2) is 0 Å². The van der Waals surface area contributed by atoms with Crippen molar-refractivity contribution in [2.24, 2.45) is 5.92 Å². The first-order chi connectivity index (χ1) is 12.0. The van der Waals surface area contributed by atoms with Gasteiger partial charge in [0.1, 0.15) is 0 Å². The molecule has 1 atom stereocenters. The minimum atomic E-state index is -1.37. The number of carbonyl (C=O) groups is 2. The third kappa shape index (κ3) is 5.15. The van der Waals surface area contributed by atoms with E-state index in [2.05, 4.69) is 5.32 Å². The molecular weight excluding hydrogens is 318 g/mol. The molecule has 25 heavy (non-hydrogen) atoms. The summed E-state index contributed by atoms with van der Waals surface area (Å²) in [7, 11) is 0. The summed E-state index contributed by atoms with van der Waals surface area (Å²) in [6, 6.07) is 14.0. The number of hydrogen-bond donors (Lipinski definition) is 1. The van der Waals surface area contributed by atoms with Gasteiger partial charge in [0.25, 0.3) is 5.56 Å². The zero-order valence-electron chi connectivity index (χ0n) is 13.9. The summed E-state index contributed by atoms with van der Waals surface area (Å²) < 4.78 is 1.37. The predicted octanol–water partition coefficient (Wildman–Crippen LogP) is 1.57. The molecule has 1 amide bonds. The van der Waals surface area contributed by atoms with Gasteiger partial charge in [-0.15, -0.1) is 0 Å². The highest BCUT2D eigenvalue weighted by molar-refractivity contribution is 6.03. The number of carbonyl (C=O) groups excluding carboxylic acids is 2. The summed E-state index contributed by atoms with van der Waals surface area (Å²) in [5.74, 6) is -2.49. The molecule has 0 aliphatic heterocycles. The average molecular weight is 337 g/mol. The molecular formula is C19H19N3O3. The number of Topliss-reactive ketones (excluding diaryl/α,β-unsaturated/α-hetero) is 1. The molecule has 1 aromatic carbocycles. The van der Waals surface area contributed by atoms with Gasteiger partial charge in [0.05, 0.1) is 6.07 Å². The molecule has 0 saturated heterocycles. The van der Waals surface area contributed by atoms with Crippen LogP contribution in [0.25, 0.3) is 0 Å². The van der Waals surface area contributed by atoms with Crippen LogP contribution in [0.1, 0.15) is 17.5 Å². The van der Waals surface area contributed by atoms with E-state index < -0.39 is 17.6 Å². The number of nitriles is 1. The molecule has 2 rings (SSSR count). The lowest BCUT2D eigenvalue weighted by atomic mass is 10.0. The van der Waals surface area contributed by atoms with E-state index in [1.165, 1.54) is 10.6 Å². The van der Waals surface area contributed by atoms with E-state index in [1.807, 2.05) is 31.2 Å². The minimum absolute atomic E-state index is 0.0555. The van der Waals surface area contributed by atoms with Gasteiger partial charge in [0.2, 0.25) is 5.91 Å². The number of pyridine rings is 1. The lowest BCUT2D eigenvalue weighted by Crippen LogP contribution is -2.35. The SMILES string of the molecule is Cc1ccc(CNC(=O)[C@@H](C#N)C(=O)CCn2ccccc2=O)cc1. The average Bonchev–Trinajstić information content (AvgIpc) is 2.61. The molecule has 1 N–H and O–H groups in total. The molecule has 2 aromatic rings. The lowest BCUT2D eigenvalue weighted by molar-refractivity contribution is -0.131. The number of hydrogen-bond acceptors (Lipinski definition) is 4. The maximum atomic E-state index is 12.2. The van der Waals surface area contributed by atoms with Crippen LogP contribution in [0.4, 0.5) is 0 Å². The van der Waals surface area contributed by atoms with Crippen LogP contribution in [0.2, 0.25) is 0 Å². The Bertz CT molecular complexity index is 847. The Morgan fingerprint density at radius 1 is 1.20 bits per heavy atom. The summed E-state index contributed by atoms with van der Waals surface area (Å²) in [6.45, 7) is 2.36. The molecule has 6 heteroatoms. The Balaban J connectivity index is 1.91. The molecule has 0 aliphatic rings. The summed E-state index contributed by atoms with van der Waals surface area (Å²) in [5.41, 5.74) is 1.77. The van der Waals surface area contributed by atoms with E-state index in [-0.39, 0.29) is 25.1 Å². The monoisotopic (exact) mass is 337 g/mol. The van der Waals surface area contributed by atoms with Crippen LogP contribution in [0.5, 0.6) is 0 Å². The second-order valence-corrected chi connectivity index (χ2v) is 5.71. The van der Waals surface area contributed by atoms with Gasteiger partial charge in [-0.2, -0.15) is 5.26 Å². The normalized spacial score (nSPS) is 11.4. The lowest BCUT2D eigenvalue weighted by Gasteiger charge is -2.10. The molecule has 0 radical (unpaired) electrons. The van der Waals surface area contributed by atoms with Crippen molar-refractivity contribution in [3.63, 3.8) is 0 Å². The Morgan fingerprint density at radius 2 is 1.92 bits per heavy atom. The third-order valence-corrected chi connectivity index (χ3v) is 3.80. The van der Waals surface area contributed by atoms with Gasteiger partial charge in [0.15, 0.2) is 11.7 Å². The van der Waals surface area contributed by atoms with Crippen molar-refractivity contribution < 1.29 is 9.59 Å². The van der Waals surface area contributed by atoms with E-state index in [4.69, 9.17) is 5.26 Å². The smallest absolute Gasteiger partial charge is 0.250 e. The van der Waals surface area contributed by atoms with Crippen LogP contribution >= 0.6 is 0 Å². The molecule has 1 aromatic heterocycles. The highest BCUT2D eigenvalue weighted by atomic mass is 16.2. The number of amides is 1. The first-order valence-corrected chi connectivity index (χ1v) is 7.92. The van der Waals surface area contributed by atoms with E-state index in [0.717, 1.165) is 11.1 Å². The summed E-state index contributed by atoms with van der Waals surface area (Å²) in [5, 5.41) is 11.8. The van der Waals surface area contributed by atoms with Crippen LogP contribution in [-0.2, 0) is 22.7 Å². The number of ketones is 1. The van der Waals surface area contributed by atoms with E-state index >= 15 is 0 Å². The third-order valence-electron chi connectivity index (χ3n) is 3.80. The second kappa shape index (κ2) is 8.60. The zero-order chi connectivity index (χ0) is 18.2. The molecule has 0 bridgehead atoms. The van der Waals surface area contributed by atoms with Crippen molar-refractivity contribution in [2.75, 3.05) is 0 Å². The highest BCUT2D eigenvalue weighted by Crippen LogP contribution is 2.06. The molecule has 0 fully saturated rings. The first kappa shape index (κ1) is 18.1. The Kier molecular flexibility index (Phi) is 6.24. The molecule has 0 aliphatic carbocycles. The van der Waals surface area contributed by atoms with E-state index in [0.29, 0.717) is 0 Å². The number of rotatable bonds is 7. The van der Waals surface area contributed by atoms with Gasteiger partial charge in [-0.05, 0) is 18.6 Å². The number of benzene rings is 1. The van der Waals surface area contributed by atoms with Crippen molar-refractivity contribution in [3.05, 3.63) is 70.1 Å². The Hall–Kier alpha value is -3.20. The first-order valence-electron chi connectivity index (χ1n) is 7.92. The maximum absolute atomic E-state index is 12.2. The summed E-state index contributed by atoms with van der Waals surface area (Å²) in [4.78, 5) is 35.9. The van der Waals surface area contributed by atoms with E-state index in [9.17, 15) is 14.4 Å². The second-order valence-electron chi connectivity index (χ2n) is 5.71. The standard InChI is InChI=1S/C19H19N3O3/c1-14-5-7-15(8-6-14)13-21-19(25)16(12-20)17(23)9-11-22-10-3-2-4-18(22)24/h2-8,10,16H,9,11,13H2,1H3,(H,21,25)/t16-/m0/s1. The van der Waals surface area contributed by atoms with Crippen LogP contribution in [0.3, 0.4) is 0 Å². The molecule has 0 unspecified atom stereocenters. The van der Waals surface area contributed by atoms with E-state index in [1.54, 1.807) is 24.4 Å². The largest absolute Gasteiger partial charge is 0.350 e. The van der Waals surface area contributed by atoms with Gasteiger partial charge in [-0.3, -0.25) is 14.4 Å². The number of nitrogens with one attached hydrogen (secondary N) is 1. The number of aromatic nitrogens is 1. The van der Waals surface area contributed by atoms with Gasteiger partial charge in [0, 0.05) is 31.8 Å². The van der Waals surface area contributed by atoms with Crippen LogP contribution in [0, 0.1) is 24.2 Å². The fourth-order valence-corrected chi connectivity index (χ4v) is 2.29. The number of nitrogens with zero attached hydrogens (tertiary/aromatic N) is 2. The quantitative estimate of drug-likeness (QED) is 0.776. The minimum Gasteiger partial charge on any atom is -0.350 e. The van der Waals surface area contributed by atoms with Crippen molar-refractivity contribution in [1.29, 1.82) is 5.26 Å². The van der Waals surface area contributed by atoms with Crippen LogP contribution < -0.4 is 10.9 Å². The molecule has 128 valence electrons. The molecule has 0 spiro atoms.